The molecule has 14 heavy (non-hydrogen) atoms. The van der Waals surface area contributed by atoms with Crippen LogP contribution < -0.4 is 10.1 Å². The molecule has 1 aliphatic heterocycles. The SMILES string of the molecule is Cc1csc(OCCC2CCNC2)n1. The number of thiazole rings is 1. The topological polar surface area (TPSA) is 34.1 Å². The molecule has 2 heterocycles. The van der Waals surface area contributed by atoms with Crippen molar-refractivity contribution in [2.75, 3.05) is 19.7 Å². The smallest absolute Gasteiger partial charge is 0.273 e. The quantitative estimate of drug-likeness (QED) is 0.826. The van der Waals surface area contributed by atoms with E-state index in [0.717, 1.165) is 36.4 Å². The molecule has 78 valence electrons. The Labute approximate surface area is 88.5 Å². The van der Waals surface area contributed by atoms with Gasteiger partial charge in [-0.3, -0.25) is 0 Å². The van der Waals surface area contributed by atoms with Crippen molar-refractivity contribution in [3.8, 4) is 5.19 Å². The Morgan fingerprint density at radius 1 is 1.71 bits per heavy atom. The highest BCUT2D eigenvalue weighted by Crippen LogP contribution is 2.18. The van der Waals surface area contributed by atoms with Gasteiger partial charge in [0.05, 0.1) is 12.3 Å². The molecule has 2 rings (SSSR count). The molecule has 1 fully saturated rings. The van der Waals surface area contributed by atoms with Gasteiger partial charge in [-0.1, -0.05) is 11.3 Å². The second-order valence-electron chi connectivity index (χ2n) is 3.75. The van der Waals surface area contributed by atoms with Gasteiger partial charge >= 0.3 is 0 Å². The molecule has 0 spiro atoms. The number of aryl methyl sites for hydroxylation is 1. The number of hydrogen-bond acceptors (Lipinski definition) is 4. The van der Waals surface area contributed by atoms with Crippen molar-refractivity contribution >= 4 is 11.3 Å². The summed E-state index contributed by atoms with van der Waals surface area (Å²) < 4.78 is 5.57. The highest BCUT2D eigenvalue weighted by atomic mass is 32.1. The van der Waals surface area contributed by atoms with Crippen molar-refractivity contribution in [3.05, 3.63) is 11.1 Å². The first-order valence-electron chi connectivity index (χ1n) is 5.10. The van der Waals surface area contributed by atoms with Crippen LogP contribution in [0, 0.1) is 12.8 Å². The standard InChI is InChI=1S/C10H16N2OS/c1-8-7-14-10(12-8)13-5-3-9-2-4-11-6-9/h7,9,11H,2-6H2,1H3. The van der Waals surface area contributed by atoms with Crippen LogP contribution in [0.2, 0.25) is 0 Å². The maximum absolute atomic E-state index is 5.57. The lowest BCUT2D eigenvalue weighted by Crippen LogP contribution is -2.11. The van der Waals surface area contributed by atoms with E-state index >= 15 is 0 Å². The van der Waals surface area contributed by atoms with Gasteiger partial charge in [0, 0.05) is 5.38 Å². The number of aromatic nitrogens is 1. The zero-order chi connectivity index (χ0) is 9.80. The summed E-state index contributed by atoms with van der Waals surface area (Å²) >= 11 is 1.58. The maximum atomic E-state index is 5.57. The van der Waals surface area contributed by atoms with Gasteiger partial charge in [0.1, 0.15) is 0 Å². The molecule has 0 amide bonds. The minimum Gasteiger partial charge on any atom is -0.470 e. The number of nitrogens with one attached hydrogen (secondary N) is 1. The first kappa shape index (κ1) is 9.93. The second kappa shape index (κ2) is 4.75. The molecule has 1 saturated heterocycles. The van der Waals surface area contributed by atoms with E-state index in [-0.39, 0.29) is 0 Å². The van der Waals surface area contributed by atoms with Gasteiger partial charge in [0.25, 0.3) is 5.19 Å². The predicted molar refractivity (Wildman–Crippen MR) is 57.9 cm³/mol. The molecular formula is C10H16N2OS. The van der Waals surface area contributed by atoms with Gasteiger partial charge in [-0.15, -0.1) is 0 Å². The fourth-order valence-corrected chi connectivity index (χ4v) is 2.34. The van der Waals surface area contributed by atoms with Crippen LogP contribution >= 0.6 is 11.3 Å². The molecule has 1 aromatic heterocycles. The van der Waals surface area contributed by atoms with E-state index < -0.39 is 0 Å². The predicted octanol–water partition coefficient (Wildman–Crippen LogP) is 1.83. The summed E-state index contributed by atoms with van der Waals surface area (Å²) in [6.07, 6.45) is 2.44. The van der Waals surface area contributed by atoms with Crippen molar-refractivity contribution in [1.29, 1.82) is 0 Å². The van der Waals surface area contributed by atoms with E-state index in [0.29, 0.717) is 0 Å². The molecule has 1 N–H and O–H groups in total. The molecule has 0 aliphatic carbocycles. The second-order valence-corrected chi connectivity index (χ2v) is 4.57. The van der Waals surface area contributed by atoms with Crippen LogP contribution in [0.4, 0.5) is 0 Å². The van der Waals surface area contributed by atoms with E-state index in [4.69, 9.17) is 4.74 Å². The van der Waals surface area contributed by atoms with Crippen LogP contribution in [-0.2, 0) is 0 Å². The van der Waals surface area contributed by atoms with Crippen LogP contribution in [0.3, 0.4) is 0 Å². The third-order valence-electron chi connectivity index (χ3n) is 2.51. The number of nitrogens with zero attached hydrogens (tertiary/aromatic N) is 1. The first-order chi connectivity index (χ1) is 6.84. The van der Waals surface area contributed by atoms with Gasteiger partial charge in [-0.2, -0.15) is 0 Å². The molecule has 4 heteroatoms. The lowest BCUT2D eigenvalue weighted by Gasteiger charge is -2.07. The van der Waals surface area contributed by atoms with Gasteiger partial charge in [-0.05, 0) is 38.8 Å². The molecule has 0 saturated carbocycles. The minimum atomic E-state index is 0.802. The van der Waals surface area contributed by atoms with E-state index in [1.807, 2.05) is 12.3 Å². The van der Waals surface area contributed by atoms with Crippen molar-refractivity contribution in [3.63, 3.8) is 0 Å². The van der Waals surface area contributed by atoms with Crippen LogP contribution in [0.1, 0.15) is 18.5 Å². The summed E-state index contributed by atoms with van der Waals surface area (Å²) in [4.78, 5) is 4.26. The Morgan fingerprint density at radius 3 is 3.29 bits per heavy atom. The first-order valence-corrected chi connectivity index (χ1v) is 5.98. The summed E-state index contributed by atoms with van der Waals surface area (Å²) in [5, 5.41) is 6.19. The van der Waals surface area contributed by atoms with Gasteiger partial charge in [0.15, 0.2) is 0 Å². The van der Waals surface area contributed by atoms with Crippen LogP contribution in [0.5, 0.6) is 5.19 Å². The molecule has 0 bridgehead atoms. The fourth-order valence-electron chi connectivity index (χ4n) is 1.67. The van der Waals surface area contributed by atoms with E-state index in [2.05, 4.69) is 10.3 Å². The molecule has 1 aliphatic rings. The molecular weight excluding hydrogens is 196 g/mol. The Balaban J connectivity index is 1.67. The molecule has 0 radical (unpaired) electrons. The highest BCUT2D eigenvalue weighted by Gasteiger charge is 2.14. The monoisotopic (exact) mass is 212 g/mol. The number of rotatable bonds is 4. The zero-order valence-electron chi connectivity index (χ0n) is 8.45. The van der Waals surface area contributed by atoms with E-state index in [9.17, 15) is 0 Å². The summed E-state index contributed by atoms with van der Waals surface area (Å²) in [6, 6.07) is 0. The Hall–Kier alpha value is -0.610. The normalized spacial score (nSPS) is 21.4. The summed E-state index contributed by atoms with van der Waals surface area (Å²) in [5.41, 5.74) is 1.05. The third-order valence-corrected chi connectivity index (χ3v) is 3.38. The average Bonchev–Trinajstić information content (AvgIpc) is 2.77. The molecule has 3 nitrogen and oxygen atoms in total. The number of hydrogen-bond donors (Lipinski definition) is 1. The Bertz CT molecular complexity index is 281. The largest absolute Gasteiger partial charge is 0.470 e. The van der Waals surface area contributed by atoms with Gasteiger partial charge in [-0.25, -0.2) is 4.98 Å². The fraction of sp³-hybridized carbons (Fsp3) is 0.700. The molecule has 1 atom stereocenters. The van der Waals surface area contributed by atoms with Crippen LogP contribution in [0.25, 0.3) is 0 Å². The highest BCUT2D eigenvalue weighted by molar-refractivity contribution is 7.11. The Morgan fingerprint density at radius 2 is 2.64 bits per heavy atom. The van der Waals surface area contributed by atoms with Crippen molar-refractivity contribution in [2.24, 2.45) is 5.92 Å². The third kappa shape index (κ3) is 2.69. The number of ether oxygens (including phenoxy) is 1. The summed E-state index contributed by atoms with van der Waals surface area (Å²) in [7, 11) is 0. The van der Waals surface area contributed by atoms with Gasteiger partial charge in [0.2, 0.25) is 0 Å². The lowest BCUT2D eigenvalue weighted by molar-refractivity contribution is 0.282. The molecule has 1 unspecified atom stereocenters. The lowest BCUT2D eigenvalue weighted by atomic mass is 10.1. The van der Waals surface area contributed by atoms with Crippen molar-refractivity contribution in [1.82, 2.24) is 10.3 Å². The minimum absolute atomic E-state index is 0.802. The van der Waals surface area contributed by atoms with Crippen molar-refractivity contribution < 1.29 is 4.74 Å². The maximum Gasteiger partial charge on any atom is 0.273 e. The van der Waals surface area contributed by atoms with E-state index in [1.54, 1.807) is 11.3 Å². The average molecular weight is 212 g/mol. The summed E-state index contributed by atoms with van der Waals surface area (Å²) in [6.45, 7) is 5.12. The van der Waals surface area contributed by atoms with E-state index in [1.165, 1.54) is 13.0 Å². The molecule has 1 aromatic rings. The van der Waals surface area contributed by atoms with Crippen LogP contribution in [-0.4, -0.2) is 24.7 Å². The van der Waals surface area contributed by atoms with Crippen LogP contribution in [0.15, 0.2) is 5.38 Å². The molecule has 0 aromatic carbocycles. The zero-order valence-corrected chi connectivity index (χ0v) is 9.27. The van der Waals surface area contributed by atoms with Crippen molar-refractivity contribution in [2.45, 2.75) is 19.8 Å². The van der Waals surface area contributed by atoms with Gasteiger partial charge < -0.3 is 10.1 Å². The Kier molecular flexibility index (Phi) is 3.37. The summed E-state index contributed by atoms with van der Waals surface area (Å²) in [5.74, 6) is 0.802.